The van der Waals surface area contributed by atoms with Crippen LogP contribution in [0.3, 0.4) is 0 Å². The molecule has 7 heteroatoms. The quantitative estimate of drug-likeness (QED) is 0.712. The number of carbonyl (C=O) groups excluding carboxylic acids is 2. The topological polar surface area (TPSA) is 79.5 Å². The highest BCUT2D eigenvalue weighted by Crippen LogP contribution is 2.11. The van der Waals surface area contributed by atoms with Crippen molar-refractivity contribution in [2.45, 2.75) is 32.9 Å². The molecule has 22 heavy (non-hydrogen) atoms. The number of rotatable bonds is 7. The monoisotopic (exact) mass is 311 g/mol. The number of hydrogen-bond acceptors (Lipinski definition) is 3. The summed E-state index contributed by atoms with van der Waals surface area (Å²) in [4.78, 5) is 23.2. The minimum atomic E-state index is -0.620. The molecule has 0 spiro atoms. The third-order valence-electron chi connectivity index (χ3n) is 2.78. The van der Waals surface area contributed by atoms with Crippen LogP contribution in [0.25, 0.3) is 0 Å². The highest BCUT2D eigenvalue weighted by Gasteiger charge is 2.15. The van der Waals surface area contributed by atoms with Gasteiger partial charge in [0.1, 0.15) is 24.2 Å². The molecule has 1 aromatic rings. The van der Waals surface area contributed by atoms with Gasteiger partial charge in [0.2, 0.25) is 5.91 Å². The Morgan fingerprint density at radius 1 is 1.18 bits per heavy atom. The molecule has 0 bridgehead atoms. The molecule has 0 aliphatic heterocycles. The van der Waals surface area contributed by atoms with Gasteiger partial charge in [-0.05, 0) is 45.0 Å². The van der Waals surface area contributed by atoms with Gasteiger partial charge in [-0.15, -0.1) is 0 Å². The van der Waals surface area contributed by atoms with Crippen LogP contribution < -0.4 is 20.7 Å². The zero-order valence-electron chi connectivity index (χ0n) is 13.0. The van der Waals surface area contributed by atoms with Crippen molar-refractivity contribution in [3.63, 3.8) is 0 Å². The van der Waals surface area contributed by atoms with Crippen molar-refractivity contribution in [3.05, 3.63) is 30.1 Å². The number of ether oxygens (including phenoxy) is 1. The minimum absolute atomic E-state index is 0.231. The maximum absolute atomic E-state index is 12.7. The molecule has 2 atom stereocenters. The number of amides is 3. The van der Waals surface area contributed by atoms with Crippen molar-refractivity contribution in [1.82, 2.24) is 16.0 Å². The van der Waals surface area contributed by atoms with Gasteiger partial charge in [-0.25, -0.2) is 9.18 Å². The van der Waals surface area contributed by atoms with E-state index in [0.717, 1.165) is 0 Å². The Bertz CT molecular complexity index is 493. The molecule has 122 valence electrons. The van der Waals surface area contributed by atoms with E-state index in [1.807, 2.05) is 0 Å². The Labute approximate surface area is 129 Å². The van der Waals surface area contributed by atoms with Gasteiger partial charge in [-0.1, -0.05) is 0 Å². The van der Waals surface area contributed by atoms with Crippen LogP contribution >= 0.6 is 0 Å². The molecule has 3 amide bonds. The van der Waals surface area contributed by atoms with Crippen LogP contribution in [-0.4, -0.2) is 37.2 Å². The highest BCUT2D eigenvalue weighted by atomic mass is 19.1. The molecule has 6 nitrogen and oxygen atoms in total. The summed E-state index contributed by atoms with van der Waals surface area (Å²) in [6.45, 7) is 5.91. The fourth-order valence-electron chi connectivity index (χ4n) is 1.65. The Kier molecular flexibility index (Phi) is 7.15. The number of likely N-dealkylation sites (N-methyl/N-ethyl adjacent to an activating group) is 1. The van der Waals surface area contributed by atoms with E-state index in [2.05, 4.69) is 16.0 Å². The van der Waals surface area contributed by atoms with Crippen LogP contribution in [0.4, 0.5) is 9.18 Å². The van der Waals surface area contributed by atoms with E-state index in [0.29, 0.717) is 12.3 Å². The second-order valence-electron chi connectivity index (χ2n) is 4.90. The lowest BCUT2D eigenvalue weighted by atomic mass is 10.3. The van der Waals surface area contributed by atoms with Gasteiger partial charge in [0, 0.05) is 6.54 Å². The summed E-state index contributed by atoms with van der Waals surface area (Å²) in [5.41, 5.74) is 0. The Morgan fingerprint density at radius 3 is 2.41 bits per heavy atom. The molecule has 0 fully saturated rings. The molecule has 0 radical (unpaired) electrons. The number of carbonyl (C=O) groups is 2. The predicted octanol–water partition coefficient (Wildman–Crippen LogP) is 1.42. The number of urea groups is 1. The second-order valence-corrected chi connectivity index (χ2v) is 4.90. The fraction of sp³-hybridized carbons (Fsp3) is 0.467. The second kappa shape index (κ2) is 8.86. The van der Waals surface area contributed by atoms with Gasteiger partial charge in [0.25, 0.3) is 0 Å². The standard InChI is InChI=1S/C15H22FN3O3/c1-4-17-14(20)11(3)19-15(21)18-10(2)9-22-13-7-5-12(16)6-8-13/h5-8,10-11H,4,9H2,1-3H3,(H,17,20)(H2,18,19,21). The van der Waals surface area contributed by atoms with Gasteiger partial charge in [-0.2, -0.15) is 0 Å². The molecule has 0 aliphatic rings. The lowest BCUT2D eigenvalue weighted by molar-refractivity contribution is -0.122. The van der Waals surface area contributed by atoms with E-state index in [1.54, 1.807) is 20.8 Å². The molecule has 0 aliphatic carbocycles. The first-order chi connectivity index (χ1) is 10.4. The van der Waals surface area contributed by atoms with Crippen molar-refractivity contribution in [3.8, 4) is 5.75 Å². The Hall–Kier alpha value is -2.31. The number of halogens is 1. The Morgan fingerprint density at radius 2 is 1.82 bits per heavy atom. The zero-order chi connectivity index (χ0) is 16.5. The zero-order valence-corrected chi connectivity index (χ0v) is 13.0. The SMILES string of the molecule is CCNC(=O)C(C)NC(=O)NC(C)COc1ccc(F)cc1. The van der Waals surface area contributed by atoms with Gasteiger partial charge in [-0.3, -0.25) is 4.79 Å². The lowest BCUT2D eigenvalue weighted by Crippen LogP contribution is -2.51. The molecule has 0 saturated carbocycles. The van der Waals surface area contributed by atoms with Crippen molar-refractivity contribution >= 4 is 11.9 Å². The third kappa shape index (κ3) is 6.43. The van der Waals surface area contributed by atoms with E-state index < -0.39 is 12.1 Å². The average Bonchev–Trinajstić information content (AvgIpc) is 2.46. The van der Waals surface area contributed by atoms with Crippen LogP contribution in [0.2, 0.25) is 0 Å². The van der Waals surface area contributed by atoms with E-state index in [-0.39, 0.29) is 24.4 Å². The summed E-state index contributed by atoms with van der Waals surface area (Å²) in [6, 6.07) is 4.28. The molecular weight excluding hydrogens is 289 g/mol. The maximum Gasteiger partial charge on any atom is 0.315 e. The largest absolute Gasteiger partial charge is 0.491 e. The first kappa shape index (κ1) is 17.7. The first-order valence-corrected chi connectivity index (χ1v) is 7.15. The van der Waals surface area contributed by atoms with Crippen LogP contribution in [0, 0.1) is 5.82 Å². The normalized spacial score (nSPS) is 12.9. The summed E-state index contributed by atoms with van der Waals surface area (Å²) in [7, 11) is 0. The number of nitrogens with one attached hydrogen (secondary N) is 3. The van der Waals surface area contributed by atoms with Crippen LogP contribution in [0.5, 0.6) is 5.75 Å². The summed E-state index contributed by atoms with van der Waals surface area (Å²) in [5, 5.41) is 7.81. The lowest BCUT2D eigenvalue weighted by Gasteiger charge is -2.18. The minimum Gasteiger partial charge on any atom is -0.491 e. The van der Waals surface area contributed by atoms with Crippen LogP contribution in [0.15, 0.2) is 24.3 Å². The van der Waals surface area contributed by atoms with Crippen molar-refractivity contribution in [2.24, 2.45) is 0 Å². The summed E-state index contributed by atoms with van der Waals surface area (Å²) < 4.78 is 18.2. The first-order valence-electron chi connectivity index (χ1n) is 7.15. The number of benzene rings is 1. The van der Waals surface area contributed by atoms with Crippen molar-refractivity contribution in [1.29, 1.82) is 0 Å². The van der Waals surface area contributed by atoms with Crippen LogP contribution in [0.1, 0.15) is 20.8 Å². The van der Waals surface area contributed by atoms with Crippen LogP contribution in [-0.2, 0) is 4.79 Å². The molecule has 0 aromatic heterocycles. The van der Waals surface area contributed by atoms with Gasteiger partial charge >= 0.3 is 6.03 Å². The summed E-state index contributed by atoms with van der Waals surface area (Å²) >= 11 is 0. The smallest absolute Gasteiger partial charge is 0.315 e. The summed E-state index contributed by atoms with van der Waals surface area (Å²) in [5.74, 6) is -0.0590. The maximum atomic E-state index is 12.7. The molecule has 0 heterocycles. The number of hydrogen-bond donors (Lipinski definition) is 3. The molecular formula is C15H22FN3O3. The van der Waals surface area contributed by atoms with Crippen molar-refractivity contribution in [2.75, 3.05) is 13.2 Å². The molecule has 2 unspecified atom stereocenters. The fourth-order valence-corrected chi connectivity index (χ4v) is 1.65. The van der Waals surface area contributed by atoms with E-state index in [9.17, 15) is 14.0 Å². The Balaban J connectivity index is 2.31. The highest BCUT2D eigenvalue weighted by molar-refractivity contribution is 5.86. The van der Waals surface area contributed by atoms with E-state index in [4.69, 9.17) is 4.74 Å². The molecule has 1 rings (SSSR count). The van der Waals surface area contributed by atoms with Gasteiger partial charge < -0.3 is 20.7 Å². The average molecular weight is 311 g/mol. The van der Waals surface area contributed by atoms with E-state index in [1.165, 1.54) is 24.3 Å². The van der Waals surface area contributed by atoms with E-state index >= 15 is 0 Å². The van der Waals surface area contributed by atoms with Gasteiger partial charge in [0.05, 0.1) is 6.04 Å². The van der Waals surface area contributed by atoms with Gasteiger partial charge in [0.15, 0.2) is 0 Å². The third-order valence-corrected chi connectivity index (χ3v) is 2.78. The molecule has 3 N–H and O–H groups in total. The summed E-state index contributed by atoms with van der Waals surface area (Å²) in [6.07, 6.45) is 0. The predicted molar refractivity (Wildman–Crippen MR) is 81.2 cm³/mol. The van der Waals surface area contributed by atoms with Crippen molar-refractivity contribution < 1.29 is 18.7 Å². The molecule has 0 saturated heterocycles. The molecule has 1 aromatic carbocycles.